The van der Waals surface area contributed by atoms with Gasteiger partial charge in [-0.15, -0.1) is 0 Å². The second kappa shape index (κ2) is 10.0. The van der Waals surface area contributed by atoms with Crippen molar-refractivity contribution >= 4 is 33.1 Å². The molecule has 0 unspecified atom stereocenters. The summed E-state index contributed by atoms with van der Waals surface area (Å²) in [4.78, 5) is 23.4. The van der Waals surface area contributed by atoms with Crippen LogP contribution in [-0.4, -0.2) is 73.3 Å². The van der Waals surface area contributed by atoms with Crippen molar-refractivity contribution in [1.29, 1.82) is 0 Å². The maximum Gasteiger partial charge on any atom is 0.303 e. The molecule has 1 aliphatic rings. The van der Waals surface area contributed by atoms with Crippen LogP contribution in [0.2, 0.25) is 0 Å². The molecule has 9 nitrogen and oxygen atoms in total. The summed E-state index contributed by atoms with van der Waals surface area (Å²) in [5, 5.41) is 11.6. The molecule has 2 aromatic rings. The Bertz CT molecular complexity index is 1030. The topological polar surface area (TPSA) is 116 Å². The third-order valence-corrected chi connectivity index (χ3v) is 6.21. The molecule has 1 aromatic heterocycles. The Labute approximate surface area is 180 Å². The Kier molecular flexibility index (Phi) is 7.39. The van der Waals surface area contributed by atoms with Gasteiger partial charge in [-0.1, -0.05) is 0 Å². The number of unbranched alkanes of at least 4 members (excludes halogenated alkanes) is 1. The van der Waals surface area contributed by atoms with Gasteiger partial charge in [-0.25, -0.2) is 22.8 Å². The van der Waals surface area contributed by atoms with Gasteiger partial charge in [0, 0.05) is 44.9 Å². The predicted octanol–water partition coefficient (Wildman–Crippen LogP) is 2.14. The first-order chi connectivity index (χ1) is 14.7. The highest BCUT2D eigenvalue weighted by Crippen LogP contribution is 2.24. The number of carboxylic acid groups (broad SMARTS) is 1. The highest BCUT2D eigenvalue weighted by molar-refractivity contribution is 7.90. The van der Waals surface area contributed by atoms with Crippen molar-refractivity contribution in [3.05, 3.63) is 36.4 Å². The number of aliphatic carboxylic acids is 1. The molecule has 2 N–H and O–H groups in total. The third-order valence-electron chi connectivity index (χ3n) is 5.10. The molecule has 1 aromatic carbocycles. The molecule has 31 heavy (non-hydrogen) atoms. The number of anilines is 3. The van der Waals surface area contributed by atoms with Crippen molar-refractivity contribution in [2.24, 2.45) is 0 Å². The van der Waals surface area contributed by atoms with Crippen LogP contribution >= 0.6 is 0 Å². The zero-order valence-corrected chi connectivity index (χ0v) is 18.1. The van der Waals surface area contributed by atoms with Crippen molar-refractivity contribution in [3.8, 4) is 0 Å². The fourth-order valence-corrected chi connectivity index (χ4v) is 4.00. The molecule has 11 heteroatoms. The molecule has 2 heterocycles. The van der Waals surface area contributed by atoms with E-state index in [0.717, 1.165) is 57.3 Å². The molecule has 168 valence electrons. The van der Waals surface area contributed by atoms with Crippen molar-refractivity contribution in [2.75, 3.05) is 49.2 Å². The molecule has 0 aliphatic carbocycles. The number of hydrogen-bond acceptors (Lipinski definition) is 8. The number of halogens is 1. The summed E-state index contributed by atoms with van der Waals surface area (Å²) in [6, 6.07) is 5.43. The van der Waals surface area contributed by atoms with E-state index >= 15 is 0 Å². The van der Waals surface area contributed by atoms with Crippen LogP contribution < -0.4 is 10.2 Å². The van der Waals surface area contributed by atoms with Crippen molar-refractivity contribution in [1.82, 2.24) is 14.9 Å². The number of carbonyl (C=O) groups is 1. The van der Waals surface area contributed by atoms with Crippen molar-refractivity contribution in [3.63, 3.8) is 0 Å². The molecule has 0 saturated carbocycles. The van der Waals surface area contributed by atoms with Crippen LogP contribution in [-0.2, 0) is 14.6 Å². The van der Waals surface area contributed by atoms with E-state index < -0.39 is 21.6 Å². The zero-order valence-electron chi connectivity index (χ0n) is 17.3. The first kappa shape index (κ1) is 22.9. The lowest BCUT2D eigenvalue weighted by molar-refractivity contribution is -0.137. The summed E-state index contributed by atoms with van der Waals surface area (Å²) in [5.41, 5.74) is 0.128. The lowest BCUT2D eigenvalue weighted by Gasteiger charge is -2.35. The van der Waals surface area contributed by atoms with E-state index in [1.165, 1.54) is 18.5 Å². The summed E-state index contributed by atoms with van der Waals surface area (Å²) >= 11 is 0. The number of aromatic nitrogens is 2. The molecular formula is C20H26FN5O4S. The molecule has 0 amide bonds. The normalized spacial score (nSPS) is 15.1. The Hall–Kier alpha value is -2.79. The number of benzene rings is 1. The number of carboxylic acids is 1. The summed E-state index contributed by atoms with van der Waals surface area (Å²) in [5.74, 6) is -0.313. The fraction of sp³-hybridized carbons (Fsp3) is 0.450. The average molecular weight is 452 g/mol. The second-order valence-corrected chi connectivity index (χ2v) is 9.50. The van der Waals surface area contributed by atoms with Crippen LogP contribution in [0.25, 0.3) is 0 Å². The first-order valence-electron chi connectivity index (χ1n) is 10.00. The van der Waals surface area contributed by atoms with Gasteiger partial charge < -0.3 is 15.3 Å². The summed E-state index contributed by atoms with van der Waals surface area (Å²) in [6.07, 6.45) is 4.17. The third kappa shape index (κ3) is 6.59. The number of sulfone groups is 1. The lowest BCUT2D eigenvalue weighted by Crippen LogP contribution is -2.46. The largest absolute Gasteiger partial charge is 0.481 e. The molecule has 0 bridgehead atoms. The maximum atomic E-state index is 14.3. The SMILES string of the molecule is CS(=O)(=O)c1ccc(Nc2cc(N3CCN(CCCCC(=O)O)CC3)ncn2)c(F)c1. The Morgan fingerprint density at radius 3 is 2.55 bits per heavy atom. The van der Waals surface area contributed by atoms with Gasteiger partial charge in [0.25, 0.3) is 0 Å². The lowest BCUT2D eigenvalue weighted by atomic mass is 10.2. The maximum absolute atomic E-state index is 14.3. The standard InChI is InChI=1S/C20H26FN5O4S/c1-31(29,30)15-5-6-17(16(21)12-15)24-18-13-19(23-14-22-18)26-10-8-25(9-11-26)7-3-2-4-20(27)28/h5-6,12-14H,2-4,7-11H2,1H3,(H,27,28)(H,22,23,24). The molecule has 1 fully saturated rings. The number of rotatable bonds is 9. The Morgan fingerprint density at radius 1 is 1.16 bits per heavy atom. The van der Waals surface area contributed by atoms with Gasteiger partial charge in [0.15, 0.2) is 9.84 Å². The van der Waals surface area contributed by atoms with Crippen LogP contribution in [0.1, 0.15) is 19.3 Å². The van der Waals surface area contributed by atoms with Crippen LogP contribution in [0.15, 0.2) is 35.5 Å². The fourth-order valence-electron chi connectivity index (χ4n) is 3.37. The summed E-state index contributed by atoms with van der Waals surface area (Å²) in [6.45, 7) is 4.11. The minimum atomic E-state index is -3.48. The van der Waals surface area contributed by atoms with Gasteiger partial charge >= 0.3 is 5.97 Å². The van der Waals surface area contributed by atoms with Gasteiger partial charge in [-0.2, -0.15) is 0 Å². The van der Waals surface area contributed by atoms with Gasteiger partial charge in [0.1, 0.15) is 23.8 Å². The molecule has 0 spiro atoms. The summed E-state index contributed by atoms with van der Waals surface area (Å²) < 4.78 is 37.4. The van der Waals surface area contributed by atoms with Gasteiger partial charge in [-0.3, -0.25) is 9.69 Å². The molecule has 0 atom stereocenters. The van der Waals surface area contributed by atoms with Gasteiger partial charge in [0.05, 0.1) is 10.6 Å². The minimum Gasteiger partial charge on any atom is -0.481 e. The molecule has 1 aliphatic heterocycles. The van der Waals surface area contributed by atoms with Crippen LogP contribution in [0.4, 0.5) is 21.7 Å². The van der Waals surface area contributed by atoms with E-state index in [2.05, 4.69) is 25.1 Å². The van der Waals surface area contributed by atoms with Crippen LogP contribution in [0.5, 0.6) is 0 Å². The minimum absolute atomic E-state index is 0.0836. The molecule has 0 radical (unpaired) electrons. The highest BCUT2D eigenvalue weighted by Gasteiger charge is 2.18. The molecular weight excluding hydrogens is 425 g/mol. The Balaban J connectivity index is 1.57. The van der Waals surface area contributed by atoms with E-state index in [-0.39, 0.29) is 17.0 Å². The summed E-state index contributed by atoms with van der Waals surface area (Å²) in [7, 11) is -3.48. The monoisotopic (exact) mass is 451 g/mol. The van der Waals surface area contributed by atoms with Gasteiger partial charge in [0.2, 0.25) is 0 Å². The molecule has 3 rings (SSSR count). The number of piperazine rings is 1. The van der Waals surface area contributed by atoms with E-state index in [1.807, 2.05) is 0 Å². The smallest absolute Gasteiger partial charge is 0.303 e. The van der Waals surface area contributed by atoms with Gasteiger partial charge in [-0.05, 0) is 37.6 Å². The quantitative estimate of drug-likeness (QED) is 0.553. The predicted molar refractivity (Wildman–Crippen MR) is 115 cm³/mol. The number of nitrogens with one attached hydrogen (secondary N) is 1. The second-order valence-electron chi connectivity index (χ2n) is 7.48. The van der Waals surface area contributed by atoms with Crippen LogP contribution in [0.3, 0.4) is 0 Å². The number of hydrogen-bond donors (Lipinski definition) is 2. The number of nitrogens with zero attached hydrogens (tertiary/aromatic N) is 4. The van der Waals surface area contributed by atoms with Crippen molar-refractivity contribution < 1.29 is 22.7 Å². The van der Waals surface area contributed by atoms with E-state index in [4.69, 9.17) is 5.11 Å². The zero-order chi connectivity index (χ0) is 22.4. The molecule has 1 saturated heterocycles. The van der Waals surface area contributed by atoms with E-state index in [1.54, 1.807) is 6.07 Å². The van der Waals surface area contributed by atoms with E-state index in [0.29, 0.717) is 12.2 Å². The average Bonchev–Trinajstić information content (AvgIpc) is 2.72. The van der Waals surface area contributed by atoms with Crippen molar-refractivity contribution in [2.45, 2.75) is 24.2 Å². The highest BCUT2D eigenvalue weighted by atomic mass is 32.2. The van der Waals surface area contributed by atoms with E-state index in [9.17, 15) is 17.6 Å². The first-order valence-corrected chi connectivity index (χ1v) is 11.9. The van der Waals surface area contributed by atoms with Crippen LogP contribution in [0, 0.1) is 5.82 Å². The Morgan fingerprint density at radius 2 is 1.90 bits per heavy atom.